The molecule has 0 saturated heterocycles. The van der Waals surface area contributed by atoms with Crippen LogP contribution in [0.4, 0.5) is 4.39 Å². The molecular formula is C16H11Cl2FO2. The molecule has 2 rings (SSSR count). The summed E-state index contributed by atoms with van der Waals surface area (Å²) in [7, 11) is 1.36. The van der Waals surface area contributed by atoms with Crippen molar-refractivity contribution in [1.29, 1.82) is 0 Å². The molecule has 2 aromatic rings. The highest BCUT2D eigenvalue weighted by Gasteiger charge is 2.08. The lowest BCUT2D eigenvalue weighted by molar-refractivity contribution is 0.104. The number of hydrogen-bond acceptors (Lipinski definition) is 2. The molecule has 2 aromatic carbocycles. The molecule has 0 radical (unpaired) electrons. The maximum absolute atomic E-state index is 13.5. The van der Waals surface area contributed by atoms with Crippen LogP contribution in [0.3, 0.4) is 0 Å². The SMILES string of the molecule is COc1ccc(C(=O)C=Cc2ccc(Cl)cc2Cl)cc1F. The van der Waals surface area contributed by atoms with Crippen molar-refractivity contribution in [3.8, 4) is 5.75 Å². The van der Waals surface area contributed by atoms with Crippen LogP contribution < -0.4 is 4.74 Å². The lowest BCUT2D eigenvalue weighted by Gasteiger charge is -2.03. The zero-order valence-corrected chi connectivity index (χ0v) is 12.6. The van der Waals surface area contributed by atoms with E-state index in [1.54, 1.807) is 24.3 Å². The first kappa shape index (κ1) is 15.5. The van der Waals surface area contributed by atoms with Crippen LogP contribution in [0.25, 0.3) is 6.08 Å². The van der Waals surface area contributed by atoms with E-state index in [-0.39, 0.29) is 17.1 Å². The zero-order chi connectivity index (χ0) is 15.4. The number of ether oxygens (including phenoxy) is 1. The normalized spacial score (nSPS) is 10.9. The van der Waals surface area contributed by atoms with Crippen molar-refractivity contribution in [2.24, 2.45) is 0 Å². The van der Waals surface area contributed by atoms with E-state index in [1.807, 2.05) is 0 Å². The first-order valence-electron chi connectivity index (χ1n) is 6.02. The van der Waals surface area contributed by atoms with Gasteiger partial charge in [0.15, 0.2) is 17.3 Å². The van der Waals surface area contributed by atoms with Crippen LogP contribution in [0.5, 0.6) is 5.75 Å². The summed E-state index contributed by atoms with van der Waals surface area (Å²) in [6.45, 7) is 0. The van der Waals surface area contributed by atoms with E-state index in [1.165, 1.54) is 25.3 Å². The van der Waals surface area contributed by atoms with Crippen molar-refractivity contribution in [2.75, 3.05) is 7.11 Å². The summed E-state index contributed by atoms with van der Waals surface area (Å²) < 4.78 is 18.3. The standard InChI is InChI=1S/C16H11Cl2FO2/c1-21-16-7-4-11(8-14(16)19)15(20)6-3-10-2-5-12(17)9-13(10)18/h2-9H,1H3. The zero-order valence-electron chi connectivity index (χ0n) is 11.1. The molecule has 0 unspecified atom stereocenters. The predicted molar refractivity (Wildman–Crippen MR) is 82.8 cm³/mol. The largest absolute Gasteiger partial charge is 0.494 e. The Morgan fingerprint density at radius 2 is 1.95 bits per heavy atom. The number of benzene rings is 2. The van der Waals surface area contributed by atoms with E-state index in [2.05, 4.69) is 0 Å². The van der Waals surface area contributed by atoms with Gasteiger partial charge in [-0.15, -0.1) is 0 Å². The van der Waals surface area contributed by atoms with Crippen LogP contribution in [0, 0.1) is 5.82 Å². The summed E-state index contributed by atoms with van der Waals surface area (Å²) in [5.41, 5.74) is 0.887. The Morgan fingerprint density at radius 1 is 1.19 bits per heavy atom. The van der Waals surface area contributed by atoms with Crippen LogP contribution in [-0.4, -0.2) is 12.9 Å². The highest BCUT2D eigenvalue weighted by molar-refractivity contribution is 6.35. The van der Waals surface area contributed by atoms with Crippen LogP contribution in [0.15, 0.2) is 42.5 Å². The summed E-state index contributed by atoms with van der Waals surface area (Å²) in [5, 5.41) is 0.952. The molecule has 0 spiro atoms. The molecule has 0 bridgehead atoms. The fourth-order valence-corrected chi connectivity index (χ4v) is 2.19. The van der Waals surface area contributed by atoms with E-state index in [9.17, 15) is 9.18 Å². The minimum atomic E-state index is -0.582. The maximum Gasteiger partial charge on any atom is 0.185 e. The van der Waals surface area contributed by atoms with E-state index in [0.717, 1.165) is 6.07 Å². The molecule has 0 heterocycles. The highest BCUT2D eigenvalue weighted by atomic mass is 35.5. The second kappa shape index (κ2) is 6.74. The van der Waals surface area contributed by atoms with E-state index in [4.69, 9.17) is 27.9 Å². The lowest BCUT2D eigenvalue weighted by Crippen LogP contribution is -1.97. The van der Waals surface area contributed by atoms with Gasteiger partial charge in [0.2, 0.25) is 0 Å². The smallest absolute Gasteiger partial charge is 0.185 e. The Balaban J connectivity index is 2.21. The van der Waals surface area contributed by atoms with Gasteiger partial charge in [-0.1, -0.05) is 29.3 Å². The first-order valence-corrected chi connectivity index (χ1v) is 6.78. The van der Waals surface area contributed by atoms with Crippen molar-refractivity contribution in [3.05, 3.63) is 69.5 Å². The van der Waals surface area contributed by atoms with Gasteiger partial charge in [0.05, 0.1) is 7.11 Å². The van der Waals surface area contributed by atoms with Crippen molar-refractivity contribution >= 4 is 35.1 Å². The third-order valence-corrected chi connectivity index (χ3v) is 3.38. The van der Waals surface area contributed by atoms with Crippen LogP contribution >= 0.6 is 23.2 Å². The molecule has 0 atom stereocenters. The van der Waals surface area contributed by atoms with E-state index < -0.39 is 5.82 Å². The van der Waals surface area contributed by atoms with Gasteiger partial charge in [-0.05, 0) is 48.0 Å². The summed E-state index contributed by atoms with van der Waals surface area (Å²) in [4.78, 5) is 12.0. The Morgan fingerprint density at radius 3 is 2.57 bits per heavy atom. The minimum Gasteiger partial charge on any atom is -0.494 e. The van der Waals surface area contributed by atoms with Gasteiger partial charge in [0, 0.05) is 15.6 Å². The Hall–Kier alpha value is -1.84. The average molecular weight is 325 g/mol. The summed E-state index contributed by atoms with van der Waals surface area (Å²) in [6, 6.07) is 8.99. The molecular weight excluding hydrogens is 314 g/mol. The molecule has 2 nitrogen and oxygen atoms in total. The van der Waals surface area contributed by atoms with Crippen molar-refractivity contribution in [3.63, 3.8) is 0 Å². The quantitative estimate of drug-likeness (QED) is 0.582. The van der Waals surface area contributed by atoms with Gasteiger partial charge in [-0.25, -0.2) is 4.39 Å². The van der Waals surface area contributed by atoms with Crippen LogP contribution in [0.2, 0.25) is 10.0 Å². The van der Waals surface area contributed by atoms with Crippen molar-refractivity contribution in [2.45, 2.75) is 0 Å². The Labute approximate surface area is 131 Å². The van der Waals surface area contributed by atoms with Gasteiger partial charge in [0.1, 0.15) is 0 Å². The molecule has 5 heteroatoms. The minimum absolute atomic E-state index is 0.0938. The number of allylic oxidation sites excluding steroid dienone is 1. The summed E-state index contributed by atoms with van der Waals surface area (Å²) >= 11 is 11.8. The molecule has 0 aliphatic rings. The third kappa shape index (κ3) is 3.84. The van der Waals surface area contributed by atoms with Gasteiger partial charge >= 0.3 is 0 Å². The number of hydrogen-bond donors (Lipinski definition) is 0. The molecule has 0 aromatic heterocycles. The summed E-state index contributed by atoms with van der Waals surface area (Å²) in [5.74, 6) is -0.819. The van der Waals surface area contributed by atoms with Crippen LogP contribution in [-0.2, 0) is 0 Å². The number of carbonyl (C=O) groups is 1. The van der Waals surface area contributed by atoms with Gasteiger partial charge < -0.3 is 4.74 Å². The average Bonchev–Trinajstić information content (AvgIpc) is 2.46. The first-order chi connectivity index (χ1) is 10.0. The number of methoxy groups -OCH3 is 1. The maximum atomic E-state index is 13.5. The van der Waals surface area contributed by atoms with Gasteiger partial charge in [-0.3, -0.25) is 4.79 Å². The number of rotatable bonds is 4. The number of carbonyl (C=O) groups excluding carboxylic acids is 1. The Kier molecular flexibility index (Phi) is 4.99. The molecule has 0 aliphatic heterocycles. The van der Waals surface area contributed by atoms with E-state index in [0.29, 0.717) is 15.6 Å². The molecule has 0 aliphatic carbocycles. The van der Waals surface area contributed by atoms with Gasteiger partial charge in [-0.2, -0.15) is 0 Å². The third-order valence-electron chi connectivity index (χ3n) is 2.81. The second-order valence-corrected chi connectivity index (χ2v) is 5.06. The van der Waals surface area contributed by atoms with E-state index >= 15 is 0 Å². The molecule has 108 valence electrons. The number of halogens is 3. The molecule has 0 saturated carbocycles. The molecule has 0 amide bonds. The fourth-order valence-electron chi connectivity index (χ4n) is 1.72. The lowest BCUT2D eigenvalue weighted by atomic mass is 10.1. The molecule has 0 fully saturated rings. The topological polar surface area (TPSA) is 26.3 Å². The van der Waals surface area contributed by atoms with Gasteiger partial charge in [0.25, 0.3) is 0 Å². The fraction of sp³-hybridized carbons (Fsp3) is 0.0625. The molecule has 0 N–H and O–H groups in total. The monoisotopic (exact) mass is 324 g/mol. The van der Waals surface area contributed by atoms with Crippen molar-refractivity contribution in [1.82, 2.24) is 0 Å². The second-order valence-electron chi connectivity index (χ2n) is 4.21. The highest BCUT2D eigenvalue weighted by Crippen LogP contribution is 2.23. The van der Waals surface area contributed by atoms with Crippen molar-refractivity contribution < 1.29 is 13.9 Å². The predicted octanol–water partition coefficient (Wildman–Crippen LogP) is 5.04. The Bertz CT molecular complexity index is 711. The van der Waals surface area contributed by atoms with Crippen LogP contribution in [0.1, 0.15) is 15.9 Å². The summed E-state index contributed by atoms with van der Waals surface area (Å²) in [6.07, 6.45) is 2.89. The molecule has 21 heavy (non-hydrogen) atoms. The number of ketones is 1.